The van der Waals surface area contributed by atoms with Crippen molar-refractivity contribution < 1.29 is 42.1 Å². The molecule has 0 saturated heterocycles. The first-order valence-corrected chi connectivity index (χ1v) is 20.3. The highest BCUT2D eigenvalue weighted by molar-refractivity contribution is 5.94. The van der Waals surface area contributed by atoms with Crippen LogP contribution in [0.25, 0.3) is 11.1 Å². The highest BCUT2D eigenvalue weighted by Crippen LogP contribution is 2.27. The molecule has 0 aliphatic heterocycles. The summed E-state index contributed by atoms with van der Waals surface area (Å²) in [5, 5.41) is 0. The Morgan fingerprint density at radius 3 is 1.62 bits per heavy atom. The highest BCUT2D eigenvalue weighted by Gasteiger charge is 2.23. The fourth-order valence-corrected chi connectivity index (χ4v) is 6.24. The minimum atomic E-state index is -1.53. The van der Waals surface area contributed by atoms with Gasteiger partial charge in [0.15, 0.2) is 11.6 Å². The molecule has 4 aromatic rings. The molecule has 0 radical (unpaired) electrons. The molecular weight excluding hydrogens is 715 g/mol. The molecule has 300 valence electrons. The van der Waals surface area contributed by atoms with Gasteiger partial charge in [0, 0.05) is 0 Å². The zero-order chi connectivity index (χ0) is 40.1. The maximum absolute atomic E-state index is 15.0. The number of carbonyl (C=O) groups excluding carboxylic acids is 3. The summed E-state index contributed by atoms with van der Waals surface area (Å²) in [6.45, 7) is 6.89. The zero-order valence-corrected chi connectivity index (χ0v) is 33.1. The van der Waals surface area contributed by atoms with Crippen molar-refractivity contribution in [2.24, 2.45) is 0 Å². The first-order valence-electron chi connectivity index (χ1n) is 20.3. The van der Waals surface area contributed by atoms with Gasteiger partial charge in [0.05, 0.1) is 29.4 Å². The Morgan fingerprint density at radius 2 is 1.02 bits per heavy atom. The number of hydrogen-bond acceptors (Lipinski definition) is 7. The van der Waals surface area contributed by atoms with Crippen molar-refractivity contribution in [3.8, 4) is 28.4 Å². The molecule has 0 heterocycles. The fraction of sp³-hybridized carbons (Fsp3) is 0.426. The molecule has 0 bridgehead atoms. The van der Waals surface area contributed by atoms with E-state index in [1.165, 1.54) is 94.2 Å². The quantitative estimate of drug-likeness (QED) is 0.0398. The van der Waals surface area contributed by atoms with Crippen LogP contribution >= 0.6 is 0 Å². The van der Waals surface area contributed by atoms with Crippen LogP contribution in [0.1, 0.15) is 148 Å². The Morgan fingerprint density at radius 1 is 0.518 bits per heavy atom. The minimum absolute atomic E-state index is 0.0155. The Bertz CT molecular complexity index is 1800. The van der Waals surface area contributed by atoms with E-state index in [4.69, 9.17) is 18.9 Å². The van der Waals surface area contributed by atoms with Gasteiger partial charge in [0.1, 0.15) is 11.5 Å². The normalized spacial score (nSPS) is 11.5. The van der Waals surface area contributed by atoms with E-state index in [1.54, 1.807) is 12.1 Å². The lowest BCUT2D eigenvalue weighted by Crippen LogP contribution is -2.15. The summed E-state index contributed by atoms with van der Waals surface area (Å²) < 4.78 is 51.8. The zero-order valence-electron chi connectivity index (χ0n) is 33.1. The molecule has 0 aromatic heterocycles. The number of ether oxygens (including phenoxy) is 4. The van der Waals surface area contributed by atoms with Crippen LogP contribution in [0.2, 0.25) is 0 Å². The summed E-state index contributed by atoms with van der Waals surface area (Å²) >= 11 is 0. The molecule has 4 aromatic carbocycles. The van der Waals surface area contributed by atoms with Gasteiger partial charge in [-0.1, -0.05) is 115 Å². The van der Waals surface area contributed by atoms with Crippen LogP contribution in [0.4, 0.5) is 8.78 Å². The molecule has 0 N–H and O–H groups in total. The van der Waals surface area contributed by atoms with Gasteiger partial charge >= 0.3 is 17.9 Å². The van der Waals surface area contributed by atoms with Gasteiger partial charge in [-0.3, -0.25) is 0 Å². The first kappa shape index (κ1) is 43.7. The second kappa shape index (κ2) is 23.8. The molecular formula is C47H56F2O7. The Labute approximate surface area is 330 Å². The maximum atomic E-state index is 15.0. The fourth-order valence-electron chi connectivity index (χ4n) is 6.24. The van der Waals surface area contributed by atoms with Crippen molar-refractivity contribution in [3.63, 3.8) is 0 Å². The number of benzene rings is 4. The predicted octanol–water partition coefficient (Wildman–Crippen LogP) is 12.9. The smallest absolute Gasteiger partial charge is 0.346 e. The van der Waals surface area contributed by atoms with Gasteiger partial charge in [-0.2, -0.15) is 4.39 Å². The van der Waals surface area contributed by atoms with Crippen molar-refractivity contribution in [3.05, 3.63) is 113 Å². The van der Waals surface area contributed by atoms with E-state index in [-0.39, 0.29) is 23.0 Å². The van der Waals surface area contributed by atoms with Crippen molar-refractivity contribution in [1.82, 2.24) is 0 Å². The molecule has 56 heavy (non-hydrogen) atoms. The molecule has 0 unspecified atom stereocenters. The van der Waals surface area contributed by atoms with Crippen LogP contribution in [0, 0.1) is 11.6 Å². The highest BCUT2D eigenvalue weighted by atomic mass is 19.2. The molecule has 1 atom stereocenters. The van der Waals surface area contributed by atoms with Gasteiger partial charge in [0.2, 0.25) is 5.82 Å². The summed E-state index contributed by atoms with van der Waals surface area (Å²) in [5.74, 6) is -5.48. The van der Waals surface area contributed by atoms with E-state index in [9.17, 15) is 14.4 Å². The lowest BCUT2D eigenvalue weighted by molar-refractivity contribution is 0.0319. The van der Waals surface area contributed by atoms with Gasteiger partial charge in [-0.15, -0.1) is 0 Å². The summed E-state index contributed by atoms with van der Waals surface area (Å²) in [6.07, 6.45) is 17.6. The number of rotatable bonds is 24. The van der Waals surface area contributed by atoms with E-state index in [0.717, 1.165) is 67.5 Å². The molecule has 0 aliphatic rings. The van der Waals surface area contributed by atoms with Gasteiger partial charge < -0.3 is 18.9 Å². The molecule has 0 aliphatic carbocycles. The monoisotopic (exact) mass is 770 g/mol. The average molecular weight is 771 g/mol. The topological polar surface area (TPSA) is 88.1 Å². The molecule has 0 saturated carbocycles. The maximum Gasteiger partial charge on any atom is 0.346 e. The van der Waals surface area contributed by atoms with Crippen LogP contribution in [-0.4, -0.2) is 30.6 Å². The number of halogens is 2. The number of hydrogen-bond donors (Lipinski definition) is 0. The molecule has 7 nitrogen and oxygen atoms in total. The van der Waals surface area contributed by atoms with Crippen LogP contribution in [0.3, 0.4) is 0 Å². The summed E-state index contributed by atoms with van der Waals surface area (Å²) in [4.78, 5) is 38.0. The summed E-state index contributed by atoms with van der Waals surface area (Å²) in [7, 11) is 0. The van der Waals surface area contributed by atoms with E-state index in [1.807, 2.05) is 31.2 Å². The largest absolute Gasteiger partial charge is 0.494 e. The van der Waals surface area contributed by atoms with E-state index in [2.05, 4.69) is 13.8 Å². The molecule has 4 rings (SSSR count). The minimum Gasteiger partial charge on any atom is -0.494 e. The Balaban J connectivity index is 1.22. The van der Waals surface area contributed by atoms with Crippen LogP contribution in [0.15, 0.2) is 84.9 Å². The third-order valence-electron chi connectivity index (χ3n) is 9.62. The summed E-state index contributed by atoms with van der Waals surface area (Å²) in [5.41, 5.74) is 1.46. The third-order valence-corrected chi connectivity index (χ3v) is 9.62. The van der Waals surface area contributed by atoms with E-state index < -0.39 is 40.9 Å². The second-order valence-corrected chi connectivity index (χ2v) is 14.2. The standard InChI is InChI=1S/C47H56F2O7/c1-4-6-8-10-11-12-13-14-15-17-33-53-39-27-23-36(24-28-39)35-19-21-37(22-20-35)46(51)56-42-32-31-41(43(48)44(42)49)47(52)55-40-29-25-38(26-30-40)45(50)54-34(3)18-16-9-7-5-2/h19-32,34H,4-18,33H2,1-3H3/t34-/m0/s1. The first-order chi connectivity index (χ1) is 27.2. The number of esters is 3. The third kappa shape index (κ3) is 14.2. The lowest BCUT2D eigenvalue weighted by Gasteiger charge is -2.13. The molecule has 9 heteroatoms. The summed E-state index contributed by atoms with van der Waals surface area (Å²) in [6, 6.07) is 21.8. The van der Waals surface area contributed by atoms with Gasteiger partial charge in [0.25, 0.3) is 0 Å². The number of carbonyl (C=O) groups is 3. The molecule has 0 fully saturated rings. The van der Waals surface area contributed by atoms with Crippen LogP contribution in [-0.2, 0) is 4.74 Å². The molecule has 0 spiro atoms. The molecule has 0 amide bonds. The van der Waals surface area contributed by atoms with Crippen molar-refractivity contribution in [1.29, 1.82) is 0 Å². The van der Waals surface area contributed by atoms with Gasteiger partial charge in [-0.25, -0.2) is 18.8 Å². The number of unbranched alkanes of at least 4 members (excludes halogenated alkanes) is 12. The average Bonchev–Trinajstić information content (AvgIpc) is 3.21. The van der Waals surface area contributed by atoms with Crippen molar-refractivity contribution >= 4 is 17.9 Å². The van der Waals surface area contributed by atoms with Crippen molar-refractivity contribution in [2.45, 2.75) is 123 Å². The van der Waals surface area contributed by atoms with E-state index >= 15 is 8.78 Å². The Kier molecular flexibility index (Phi) is 18.5. The van der Waals surface area contributed by atoms with Crippen LogP contribution in [0.5, 0.6) is 17.2 Å². The predicted molar refractivity (Wildman–Crippen MR) is 216 cm³/mol. The van der Waals surface area contributed by atoms with Crippen molar-refractivity contribution in [2.75, 3.05) is 6.61 Å². The second-order valence-electron chi connectivity index (χ2n) is 14.2. The SMILES string of the molecule is CCCCCCCCCCCCOc1ccc(-c2ccc(C(=O)Oc3ccc(C(=O)Oc4ccc(C(=O)O[C@@H](C)CCCCCC)cc4)c(F)c3F)cc2)cc1. The van der Waals surface area contributed by atoms with E-state index in [0.29, 0.717) is 6.61 Å². The Hall–Kier alpha value is -5.05. The van der Waals surface area contributed by atoms with Crippen LogP contribution < -0.4 is 14.2 Å². The van der Waals surface area contributed by atoms with Gasteiger partial charge in [-0.05, 0) is 98.0 Å². The lowest BCUT2D eigenvalue weighted by atomic mass is 10.0.